The van der Waals surface area contributed by atoms with E-state index in [1.165, 1.54) is 5.56 Å². The number of carbonyl (C=O) groups excluding carboxylic acids is 1. The molecule has 0 aliphatic rings. The molecule has 1 heterocycles. The highest BCUT2D eigenvalue weighted by Gasteiger charge is 2.16. The third-order valence-corrected chi connectivity index (χ3v) is 4.57. The summed E-state index contributed by atoms with van der Waals surface area (Å²) in [6.07, 6.45) is 1.56. The number of carbonyl (C=O) groups is 1. The molecule has 0 atom stereocenters. The summed E-state index contributed by atoms with van der Waals surface area (Å²) < 4.78 is 0. The molecule has 0 aliphatic heterocycles. The molecule has 27 heavy (non-hydrogen) atoms. The lowest BCUT2D eigenvalue weighted by Gasteiger charge is -2.22. The molecule has 1 amide bonds. The van der Waals surface area contributed by atoms with Crippen LogP contribution >= 0.6 is 0 Å². The van der Waals surface area contributed by atoms with Gasteiger partial charge in [-0.2, -0.15) is 5.26 Å². The number of benzene rings is 2. The Kier molecular flexibility index (Phi) is 5.09. The SMILES string of the molecule is Cc1cc(C)c(NC(=O)CN(C)c2c(C#N)cnc3ccccc23)c(C)c1. The van der Waals surface area contributed by atoms with E-state index >= 15 is 0 Å². The van der Waals surface area contributed by atoms with E-state index in [1.807, 2.05) is 52.1 Å². The molecule has 0 saturated carbocycles. The van der Waals surface area contributed by atoms with Crippen LogP contribution in [0.4, 0.5) is 11.4 Å². The van der Waals surface area contributed by atoms with Gasteiger partial charge in [0.15, 0.2) is 0 Å². The third kappa shape index (κ3) is 3.75. The van der Waals surface area contributed by atoms with Gasteiger partial charge in [-0.25, -0.2) is 0 Å². The van der Waals surface area contributed by atoms with Crippen molar-refractivity contribution in [3.05, 3.63) is 64.8 Å². The number of aromatic nitrogens is 1. The molecule has 2 aromatic carbocycles. The Bertz CT molecular complexity index is 1040. The molecule has 0 fully saturated rings. The number of aryl methyl sites for hydroxylation is 3. The monoisotopic (exact) mass is 358 g/mol. The van der Waals surface area contributed by atoms with E-state index in [0.29, 0.717) is 5.56 Å². The molecule has 5 nitrogen and oxygen atoms in total. The number of pyridine rings is 1. The van der Waals surface area contributed by atoms with Crippen molar-refractivity contribution in [2.24, 2.45) is 0 Å². The van der Waals surface area contributed by atoms with Crippen LogP contribution in [-0.2, 0) is 4.79 Å². The number of amides is 1. The lowest BCUT2D eigenvalue weighted by molar-refractivity contribution is -0.114. The van der Waals surface area contributed by atoms with Gasteiger partial charge in [-0.3, -0.25) is 9.78 Å². The largest absolute Gasteiger partial charge is 0.364 e. The molecule has 0 aliphatic carbocycles. The van der Waals surface area contributed by atoms with Gasteiger partial charge in [-0.15, -0.1) is 0 Å². The highest BCUT2D eigenvalue weighted by Crippen LogP contribution is 2.28. The maximum Gasteiger partial charge on any atom is 0.243 e. The molecule has 5 heteroatoms. The van der Waals surface area contributed by atoms with Crippen LogP contribution in [0.25, 0.3) is 10.9 Å². The summed E-state index contributed by atoms with van der Waals surface area (Å²) in [4.78, 5) is 18.8. The summed E-state index contributed by atoms with van der Waals surface area (Å²) in [6.45, 7) is 6.15. The number of likely N-dealkylation sites (N-methyl/N-ethyl adjacent to an activating group) is 1. The Labute approximate surface area is 159 Å². The maximum atomic E-state index is 12.7. The van der Waals surface area contributed by atoms with Gasteiger partial charge in [0.25, 0.3) is 0 Å². The van der Waals surface area contributed by atoms with Crippen LogP contribution in [0.2, 0.25) is 0 Å². The fourth-order valence-electron chi connectivity index (χ4n) is 3.47. The Balaban J connectivity index is 1.88. The predicted molar refractivity (Wildman–Crippen MR) is 109 cm³/mol. The van der Waals surface area contributed by atoms with Gasteiger partial charge in [0.1, 0.15) is 6.07 Å². The van der Waals surface area contributed by atoms with Gasteiger partial charge in [0.05, 0.1) is 23.3 Å². The first kappa shape index (κ1) is 18.4. The smallest absolute Gasteiger partial charge is 0.243 e. The Morgan fingerprint density at radius 1 is 1.19 bits per heavy atom. The second kappa shape index (κ2) is 7.46. The Hall–Kier alpha value is -3.39. The number of hydrogen-bond acceptors (Lipinski definition) is 4. The van der Waals surface area contributed by atoms with E-state index < -0.39 is 0 Å². The number of anilines is 2. The first-order chi connectivity index (χ1) is 12.9. The van der Waals surface area contributed by atoms with Crippen molar-refractivity contribution < 1.29 is 4.79 Å². The standard InChI is InChI=1S/C22H22N4O/c1-14-9-15(2)21(16(3)10-14)25-20(27)13-26(4)22-17(11-23)12-24-19-8-6-5-7-18(19)22/h5-10,12H,13H2,1-4H3,(H,25,27). The zero-order valence-corrected chi connectivity index (χ0v) is 16.0. The van der Waals surface area contributed by atoms with Crippen LogP contribution in [0.1, 0.15) is 22.3 Å². The van der Waals surface area contributed by atoms with Gasteiger partial charge in [0.2, 0.25) is 5.91 Å². The summed E-state index contributed by atoms with van der Waals surface area (Å²) in [5.74, 6) is -0.127. The Morgan fingerprint density at radius 3 is 2.52 bits per heavy atom. The third-order valence-electron chi connectivity index (χ3n) is 4.57. The van der Waals surface area contributed by atoms with Crippen LogP contribution in [0, 0.1) is 32.1 Å². The van der Waals surface area contributed by atoms with Gasteiger partial charge in [-0.1, -0.05) is 35.9 Å². The number of nitrogens with zero attached hydrogens (tertiary/aromatic N) is 3. The first-order valence-corrected chi connectivity index (χ1v) is 8.77. The number of nitrogens with one attached hydrogen (secondary N) is 1. The average molecular weight is 358 g/mol. The zero-order chi connectivity index (χ0) is 19.6. The van der Waals surface area contributed by atoms with Crippen molar-refractivity contribution in [2.75, 3.05) is 23.8 Å². The number of para-hydroxylation sites is 1. The van der Waals surface area contributed by atoms with Crippen molar-refractivity contribution >= 4 is 28.2 Å². The summed E-state index contributed by atoms with van der Waals surface area (Å²) in [5.41, 5.74) is 6.05. The molecule has 0 bridgehead atoms. The topological polar surface area (TPSA) is 69.0 Å². The van der Waals surface area contributed by atoms with Gasteiger partial charge in [0, 0.05) is 24.3 Å². The fourth-order valence-corrected chi connectivity index (χ4v) is 3.47. The highest BCUT2D eigenvalue weighted by atomic mass is 16.2. The van der Waals surface area contributed by atoms with Crippen LogP contribution in [0.3, 0.4) is 0 Å². The quantitative estimate of drug-likeness (QED) is 0.762. The molecule has 3 aromatic rings. The predicted octanol–water partition coefficient (Wildman–Crippen LogP) is 4.11. The lowest BCUT2D eigenvalue weighted by atomic mass is 10.1. The van der Waals surface area contributed by atoms with Crippen molar-refractivity contribution in [2.45, 2.75) is 20.8 Å². The van der Waals surface area contributed by atoms with Crippen molar-refractivity contribution in [3.8, 4) is 6.07 Å². The summed E-state index contributed by atoms with van der Waals surface area (Å²) >= 11 is 0. The molecule has 136 valence electrons. The minimum absolute atomic E-state index is 0.127. The minimum Gasteiger partial charge on any atom is -0.364 e. The molecule has 3 rings (SSSR count). The second-order valence-corrected chi connectivity index (χ2v) is 6.83. The molecular formula is C22H22N4O. The van der Waals surface area contributed by atoms with Crippen molar-refractivity contribution in [3.63, 3.8) is 0 Å². The summed E-state index contributed by atoms with van der Waals surface area (Å²) in [5, 5.41) is 13.3. The second-order valence-electron chi connectivity index (χ2n) is 6.83. The van der Waals surface area contributed by atoms with Crippen LogP contribution in [-0.4, -0.2) is 24.5 Å². The van der Waals surface area contributed by atoms with Crippen LogP contribution in [0.15, 0.2) is 42.6 Å². The van der Waals surface area contributed by atoms with Gasteiger partial charge < -0.3 is 10.2 Å². The number of fused-ring (bicyclic) bond motifs is 1. The van der Waals surface area contributed by atoms with Crippen LogP contribution < -0.4 is 10.2 Å². The highest BCUT2D eigenvalue weighted by molar-refractivity contribution is 5.99. The molecule has 1 aromatic heterocycles. The zero-order valence-electron chi connectivity index (χ0n) is 16.0. The first-order valence-electron chi connectivity index (χ1n) is 8.77. The summed E-state index contributed by atoms with van der Waals surface area (Å²) in [7, 11) is 1.82. The van der Waals surface area contributed by atoms with E-state index in [1.54, 1.807) is 11.1 Å². The number of rotatable bonds is 4. The van der Waals surface area contributed by atoms with E-state index in [2.05, 4.69) is 28.5 Å². The van der Waals surface area contributed by atoms with Gasteiger partial charge in [-0.05, 0) is 38.0 Å². The maximum absolute atomic E-state index is 12.7. The average Bonchev–Trinajstić information content (AvgIpc) is 2.63. The molecule has 0 unspecified atom stereocenters. The lowest BCUT2D eigenvalue weighted by Crippen LogP contribution is -2.31. The Morgan fingerprint density at radius 2 is 1.85 bits per heavy atom. The van der Waals surface area contributed by atoms with Crippen molar-refractivity contribution in [1.29, 1.82) is 5.26 Å². The van der Waals surface area contributed by atoms with Crippen molar-refractivity contribution in [1.82, 2.24) is 4.98 Å². The minimum atomic E-state index is -0.127. The van der Waals surface area contributed by atoms with E-state index in [4.69, 9.17) is 0 Å². The van der Waals surface area contributed by atoms with Crippen LogP contribution in [0.5, 0.6) is 0 Å². The van der Waals surface area contributed by atoms with E-state index in [0.717, 1.165) is 33.4 Å². The molecule has 0 radical (unpaired) electrons. The number of hydrogen-bond donors (Lipinski definition) is 1. The fraction of sp³-hybridized carbons (Fsp3) is 0.227. The van der Waals surface area contributed by atoms with E-state index in [-0.39, 0.29) is 12.5 Å². The normalized spacial score (nSPS) is 10.5. The number of nitriles is 1. The van der Waals surface area contributed by atoms with E-state index in [9.17, 15) is 10.1 Å². The molecular weight excluding hydrogens is 336 g/mol. The molecule has 0 saturated heterocycles. The molecule has 1 N–H and O–H groups in total. The summed E-state index contributed by atoms with van der Waals surface area (Å²) in [6, 6.07) is 13.9. The molecule has 0 spiro atoms. The van der Waals surface area contributed by atoms with Gasteiger partial charge >= 0.3 is 0 Å².